The zero-order chi connectivity index (χ0) is 30.3. The van der Waals surface area contributed by atoms with Crippen molar-refractivity contribution in [3.63, 3.8) is 0 Å². The van der Waals surface area contributed by atoms with E-state index in [9.17, 15) is 9.90 Å². The van der Waals surface area contributed by atoms with Crippen LogP contribution in [0.15, 0.2) is 101 Å². The highest BCUT2D eigenvalue weighted by Crippen LogP contribution is 2.40. The lowest BCUT2D eigenvalue weighted by molar-refractivity contribution is -0.245. The van der Waals surface area contributed by atoms with E-state index < -0.39 is 6.29 Å². The number of nitrogens with one attached hydrogen (secondary N) is 2. The number of thioether (sulfide) groups is 1. The SMILES string of the molecule is CCNC(=O)NCc1ccccc1-c1ccc(C2OC(CSc3nc4ccccc4s3)CC(c3ccc(CO)cc3)O2)cc1. The lowest BCUT2D eigenvalue weighted by atomic mass is 9.98. The van der Waals surface area contributed by atoms with Crippen molar-refractivity contribution >= 4 is 39.3 Å². The maximum atomic E-state index is 12.0. The van der Waals surface area contributed by atoms with Crippen molar-refractivity contribution in [1.29, 1.82) is 0 Å². The number of aliphatic hydroxyl groups is 1. The van der Waals surface area contributed by atoms with Gasteiger partial charge in [0.15, 0.2) is 10.6 Å². The van der Waals surface area contributed by atoms with Crippen LogP contribution in [0, 0.1) is 0 Å². The Balaban J connectivity index is 1.20. The average molecular weight is 626 g/mol. The molecule has 44 heavy (non-hydrogen) atoms. The van der Waals surface area contributed by atoms with Gasteiger partial charge in [0.25, 0.3) is 0 Å². The molecule has 1 aliphatic heterocycles. The van der Waals surface area contributed by atoms with Crippen LogP contribution in [0.25, 0.3) is 21.3 Å². The van der Waals surface area contributed by atoms with Gasteiger partial charge in [-0.1, -0.05) is 96.7 Å². The number of fused-ring (bicyclic) bond motifs is 1. The first-order chi connectivity index (χ1) is 21.6. The van der Waals surface area contributed by atoms with Gasteiger partial charge in [-0.15, -0.1) is 11.3 Å². The third-order valence-electron chi connectivity index (χ3n) is 7.57. The van der Waals surface area contributed by atoms with E-state index in [1.165, 1.54) is 4.70 Å². The Labute approximate surface area is 265 Å². The number of carbonyl (C=O) groups excluding carboxylic acids is 1. The number of hydrogen-bond donors (Lipinski definition) is 3. The summed E-state index contributed by atoms with van der Waals surface area (Å²) in [5, 5.41) is 15.2. The number of para-hydroxylation sites is 1. The smallest absolute Gasteiger partial charge is 0.315 e. The van der Waals surface area contributed by atoms with Crippen LogP contribution < -0.4 is 10.6 Å². The lowest BCUT2D eigenvalue weighted by Crippen LogP contribution is -2.34. The summed E-state index contributed by atoms with van der Waals surface area (Å²) < 4.78 is 15.3. The Kier molecular flexibility index (Phi) is 9.89. The summed E-state index contributed by atoms with van der Waals surface area (Å²) >= 11 is 3.43. The molecule has 3 unspecified atom stereocenters. The molecule has 4 aromatic carbocycles. The second kappa shape index (κ2) is 14.4. The molecule has 9 heteroatoms. The first-order valence-corrected chi connectivity index (χ1v) is 16.6. The molecule has 2 heterocycles. The van der Waals surface area contributed by atoms with E-state index in [0.717, 1.165) is 55.4 Å². The van der Waals surface area contributed by atoms with Gasteiger partial charge in [-0.2, -0.15) is 0 Å². The number of amides is 2. The van der Waals surface area contributed by atoms with E-state index in [0.29, 0.717) is 13.1 Å². The Morgan fingerprint density at radius 3 is 2.45 bits per heavy atom. The van der Waals surface area contributed by atoms with Crippen molar-refractivity contribution in [1.82, 2.24) is 15.6 Å². The number of nitrogens with zero attached hydrogens (tertiary/aromatic N) is 1. The molecule has 1 aromatic heterocycles. The molecule has 1 fully saturated rings. The third kappa shape index (κ3) is 7.31. The molecule has 0 saturated carbocycles. The lowest BCUT2D eigenvalue weighted by Gasteiger charge is -2.36. The summed E-state index contributed by atoms with van der Waals surface area (Å²) in [4.78, 5) is 16.8. The number of ether oxygens (including phenoxy) is 2. The summed E-state index contributed by atoms with van der Waals surface area (Å²) in [5.41, 5.74) is 7.06. The fraction of sp³-hybridized carbons (Fsp3) is 0.257. The van der Waals surface area contributed by atoms with Gasteiger partial charge in [0.05, 0.1) is 29.0 Å². The van der Waals surface area contributed by atoms with E-state index in [4.69, 9.17) is 14.5 Å². The third-order valence-corrected chi connectivity index (χ3v) is 9.88. The van der Waals surface area contributed by atoms with Crippen LogP contribution in [0.3, 0.4) is 0 Å². The van der Waals surface area contributed by atoms with Crippen LogP contribution in [-0.2, 0) is 22.6 Å². The average Bonchev–Trinajstić information content (AvgIpc) is 3.50. The molecule has 3 atom stereocenters. The molecule has 0 aliphatic carbocycles. The van der Waals surface area contributed by atoms with Crippen LogP contribution in [0.5, 0.6) is 0 Å². The quantitative estimate of drug-likeness (QED) is 0.138. The molecule has 1 saturated heterocycles. The predicted molar refractivity (Wildman–Crippen MR) is 177 cm³/mol. The zero-order valence-corrected chi connectivity index (χ0v) is 26.1. The Morgan fingerprint density at radius 1 is 0.932 bits per heavy atom. The van der Waals surface area contributed by atoms with Gasteiger partial charge in [-0.05, 0) is 46.9 Å². The highest BCUT2D eigenvalue weighted by Gasteiger charge is 2.32. The standard InChI is InChI=1S/C35H35N3O4S2/c1-2-36-34(40)37-20-27-7-3-4-8-29(27)24-15-17-26(18-16-24)33-41-28(19-31(42-33)25-13-11-23(21-39)12-14-25)22-43-35-38-30-9-5-6-10-32(30)44-35/h3-18,28,31,33,39H,2,19-22H2,1H3,(H2,36,37,40). The topological polar surface area (TPSA) is 92.7 Å². The van der Waals surface area contributed by atoms with Gasteiger partial charge >= 0.3 is 6.03 Å². The molecule has 7 nitrogen and oxygen atoms in total. The van der Waals surface area contributed by atoms with E-state index in [1.807, 2.05) is 67.6 Å². The Morgan fingerprint density at radius 2 is 1.68 bits per heavy atom. The molecule has 226 valence electrons. The fourth-order valence-corrected chi connectivity index (χ4v) is 7.39. The first-order valence-electron chi connectivity index (χ1n) is 14.8. The van der Waals surface area contributed by atoms with Crippen molar-refractivity contribution in [2.24, 2.45) is 0 Å². The van der Waals surface area contributed by atoms with E-state index in [1.54, 1.807) is 23.1 Å². The highest BCUT2D eigenvalue weighted by molar-refractivity contribution is 8.01. The van der Waals surface area contributed by atoms with Crippen LogP contribution >= 0.6 is 23.1 Å². The minimum Gasteiger partial charge on any atom is -0.392 e. The molecular weight excluding hydrogens is 591 g/mol. The Bertz CT molecular complexity index is 1660. The minimum absolute atomic E-state index is 0.0104. The normalized spacial score (nSPS) is 18.3. The summed E-state index contributed by atoms with van der Waals surface area (Å²) in [6, 6.07) is 32.4. The van der Waals surface area contributed by atoms with Gasteiger partial charge in [0.2, 0.25) is 0 Å². The summed E-state index contributed by atoms with van der Waals surface area (Å²) in [6.07, 6.45) is -0.00937. The Hall–Kier alpha value is -3.73. The molecule has 0 bridgehead atoms. The van der Waals surface area contributed by atoms with Crippen LogP contribution in [0.4, 0.5) is 4.79 Å². The second-order valence-electron chi connectivity index (χ2n) is 10.6. The number of aliphatic hydroxyl groups excluding tert-OH is 1. The number of thiazole rings is 1. The molecule has 3 N–H and O–H groups in total. The number of hydrogen-bond acceptors (Lipinski definition) is 7. The maximum absolute atomic E-state index is 12.0. The number of aromatic nitrogens is 1. The summed E-state index contributed by atoms with van der Waals surface area (Å²) in [7, 11) is 0. The fourth-order valence-electron chi connectivity index (χ4n) is 5.27. The van der Waals surface area contributed by atoms with E-state index in [2.05, 4.69) is 47.0 Å². The van der Waals surface area contributed by atoms with Gasteiger partial charge in [-0.25, -0.2) is 9.78 Å². The predicted octanol–water partition coefficient (Wildman–Crippen LogP) is 7.61. The van der Waals surface area contributed by atoms with Crippen molar-refractivity contribution in [3.05, 3.63) is 119 Å². The maximum Gasteiger partial charge on any atom is 0.315 e. The van der Waals surface area contributed by atoms with Crippen molar-refractivity contribution in [2.45, 2.75) is 49.3 Å². The molecule has 0 spiro atoms. The number of rotatable bonds is 10. The zero-order valence-electron chi connectivity index (χ0n) is 24.4. The van der Waals surface area contributed by atoms with Crippen LogP contribution in [0.1, 0.15) is 48.0 Å². The molecule has 5 aromatic rings. The van der Waals surface area contributed by atoms with Crippen LogP contribution in [0.2, 0.25) is 0 Å². The van der Waals surface area contributed by atoms with Gasteiger partial charge < -0.3 is 25.2 Å². The number of carbonyl (C=O) groups is 1. The van der Waals surface area contributed by atoms with Crippen molar-refractivity contribution in [2.75, 3.05) is 12.3 Å². The number of urea groups is 1. The molecular formula is C35H35N3O4S2. The van der Waals surface area contributed by atoms with Crippen molar-refractivity contribution in [3.8, 4) is 11.1 Å². The molecule has 0 radical (unpaired) electrons. The highest BCUT2D eigenvalue weighted by atomic mass is 32.2. The van der Waals surface area contributed by atoms with E-state index in [-0.39, 0.29) is 24.8 Å². The molecule has 2 amide bonds. The largest absolute Gasteiger partial charge is 0.392 e. The molecule has 6 rings (SSSR count). The summed E-state index contributed by atoms with van der Waals surface area (Å²) in [6.45, 7) is 2.92. The first kappa shape index (κ1) is 30.3. The van der Waals surface area contributed by atoms with Gasteiger partial charge in [0, 0.05) is 30.8 Å². The van der Waals surface area contributed by atoms with Gasteiger partial charge in [-0.3, -0.25) is 0 Å². The van der Waals surface area contributed by atoms with Crippen molar-refractivity contribution < 1.29 is 19.4 Å². The van der Waals surface area contributed by atoms with Gasteiger partial charge in [0.1, 0.15) is 0 Å². The number of benzene rings is 4. The monoisotopic (exact) mass is 625 g/mol. The summed E-state index contributed by atoms with van der Waals surface area (Å²) in [5.74, 6) is 0.759. The second-order valence-corrected chi connectivity index (χ2v) is 12.9. The minimum atomic E-state index is -0.532. The van der Waals surface area contributed by atoms with E-state index >= 15 is 0 Å². The molecule has 1 aliphatic rings. The van der Waals surface area contributed by atoms with Crippen LogP contribution in [-0.4, -0.2) is 34.5 Å².